The Labute approximate surface area is 101 Å². The van der Waals surface area contributed by atoms with Crippen LogP contribution in [0.2, 0.25) is 0 Å². The average molecular weight is 234 g/mol. The van der Waals surface area contributed by atoms with E-state index in [1.54, 1.807) is 0 Å². The summed E-state index contributed by atoms with van der Waals surface area (Å²) >= 11 is 1.88. The fourth-order valence-electron chi connectivity index (χ4n) is 2.08. The highest BCUT2D eigenvalue weighted by molar-refractivity contribution is 7.11. The van der Waals surface area contributed by atoms with Crippen LogP contribution in [0, 0.1) is 11.8 Å². The number of nitrogens with zero attached hydrogens (tertiary/aromatic N) is 1. The van der Waals surface area contributed by atoms with Gasteiger partial charge in [0.2, 0.25) is 0 Å². The molecule has 1 unspecified atom stereocenters. The van der Waals surface area contributed by atoms with Crippen LogP contribution >= 0.6 is 11.3 Å². The molecule has 0 aliphatic heterocycles. The molecule has 0 radical (unpaired) electrons. The summed E-state index contributed by atoms with van der Waals surface area (Å²) < 4.78 is 0. The topological polar surface area (TPSA) is 24.9 Å². The van der Waals surface area contributed by atoms with Gasteiger partial charge in [-0.3, -0.25) is 5.32 Å². The predicted octanol–water partition coefficient (Wildman–Crippen LogP) is 2.70. The lowest BCUT2D eigenvalue weighted by Gasteiger charge is -2.21. The first-order valence-electron chi connectivity index (χ1n) is 5.96. The van der Waals surface area contributed by atoms with Crippen molar-refractivity contribution >= 4 is 11.3 Å². The Balaban J connectivity index is 2.11. The van der Waals surface area contributed by atoms with Gasteiger partial charge in [0.15, 0.2) is 0 Å². The van der Waals surface area contributed by atoms with Gasteiger partial charge >= 0.3 is 0 Å². The molecule has 16 heavy (non-hydrogen) atoms. The van der Waals surface area contributed by atoms with Crippen LogP contribution in [0.3, 0.4) is 0 Å². The van der Waals surface area contributed by atoms with E-state index in [0.717, 1.165) is 19.4 Å². The van der Waals surface area contributed by atoms with Gasteiger partial charge in [0.1, 0.15) is 0 Å². The maximum atomic E-state index is 4.69. The van der Waals surface area contributed by atoms with E-state index < -0.39 is 0 Å². The number of aromatic nitrogens is 1. The second kappa shape index (κ2) is 5.47. The zero-order chi connectivity index (χ0) is 11.4. The highest BCUT2D eigenvalue weighted by atomic mass is 32.1. The second-order valence-corrected chi connectivity index (χ2v) is 5.14. The second-order valence-electron chi connectivity index (χ2n) is 4.02. The zero-order valence-electron chi connectivity index (χ0n) is 9.97. The third-order valence-corrected chi connectivity index (χ3v) is 4.27. The molecule has 1 N–H and O–H groups in total. The van der Waals surface area contributed by atoms with Crippen molar-refractivity contribution in [1.82, 2.24) is 10.3 Å². The van der Waals surface area contributed by atoms with Crippen molar-refractivity contribution in [3.05, 3.63) is 15.6 Å². The molecule has 1 heterocycles. The third kappa shape index (κ3) is 2.45. The molecule has 3 heteroatoms. The summed E-state index contributed by atoms with van der Waals surface area (Å²) in [4.78, 5) is 6.15. The lowest BCUT2D eigenvalue weighted by atomic mass is 9.98. The molecule has 86 valence electrons. The molecule has 0 fully saturated rings. The van der Waals surface area contributed by atoms with Gasteiger partial charge in [0.25, 0.3) is 0 Å². The first-order chi connectivity index (χ1) is 7.85. The fraction of sp³-hybridized carbons (Fsp3) is 0.615. The predicted molar refractivity (Wildman–Crippen MR) is 68.6 cm³/mol. The summed E-state index contributed by atoms with van der Waals surface area (Å²) in [5.74, 6) is 5.99. The lowest BCUT2D eigenvalue weighted by Crippen LogP contribution is -2.24. The minimum Gasteiger partial charge on any atom is -0.298 e. The number of fused-ring (bicyclic) bond motifs is 1. The summed E-state index contributed by atoms with van der Waals surface area (Å²) in [7, 11) is 0. The summed E-state index contributed by atoms with van der Waals surface area (Å²) in [6, 6.07) is 0.488. The molecule has 1 aliphatic carbocycles. The van der Waals surface area contributed by atoms with Gasteiger partial charge in [0.05, 0.1) is 17.2 Å². The van der Waals surface area contributed by atoms with Crippen molar-refractivity contribution in [2.24, 2.45) is 0 Å². The average Bonchev–Trinajstić information content (AvgIpc) is 2.73. The minimum absolute atomic E-state index is 0.488. The van der Waals surface area contributed by atoms with E-state index >= 15 is 0 Å². The van der Waals surface area contributed by atoms with Crippen molar-refractivity contribution in [3.8, 4) is 11.8 Å². The van der Waals surface area contributed by atoms with Crippen LogP contribution in [0.15, 0.2) is 0 Å². The molecule has 0 amide bonds. The maximum Gasteiger partial charge on any atom is 0.0928 e. The van der Waals surface area contributed by atoms with Crippen LogP contribution in [-0.4, -0.2) is 11.5 Å². The van der Waals surface area contributed by atoms with Crippen molar-refractivity contribution < 1.29 is 0 Å². The molecule has 1 atom stereocenters. The molecule has 2 rings (SSSR count). The number of hydrogen-bond acceptors (Lipinski definition) is 3. The van der Waals surface area contributed by atoms with E-state index in [0.29, 0.717) is 6.04 Å². The Morgan fingerprint density at radius 1 is 1.56 bits per heavy atom. The van der Waals surface area contributed by atoms with E-state index in [-0.39, 0.29) is 0 Å². The number of aryl methyl sites for hydroxylation is 2. The molecular weight excluding hydrogens is 216 g/mol. The molecule has 0 aromatic carbocycles. The van der Waals surface area contributed by atoms with E-state index in [9.17, 15) is 0 Å². The quantitative estimate of drug-likeness (QED) is 0.813. The van der Waals surface area contributed by atoms with Crippen molar-refractivity contribution in [2.45, 2.75) is 45.6 Å². The van der Waals surface area contributed by atoms with Gasteiger partial charge in [-0.1, -0.05) is 12.8 Å². The summed E-state index contributed by atoms with van der Waals surface area (Å²) in [5, 5.41) is 4.79. The van der Waals surface area contributed by atoms with Crippen LogP contribution in [0.4, 0.5) is 0 Å². The molecule has 2 nitrogen and oxygen atoms in total. The highest BCUT2D eigenvalue weighted by Crippen LogP contribution is 2.34. The molecular formula is C13H18N2S. The molecule has 1 aliphatic rings. The summed E-state index contributed by atoms with van der Waals surface area (Å²) in [5.41, 5.74) is 1.33. The van der Waals surface area contributed by atoms with Crippen molar-refractivity contribution in [1.29, 1.82) is 0 Å². The van der Waals surface area contributed by atoms with Crippen LogP contribution in [0.5, 0.6) is 0 Å². The first kappa shape index (κ1) is 11.6. The summed E-state index contributed by atoms with van der Waals surface area (Å²) in [6.45, 7) is 4.85. The largest absolute Gasteiger partial charge is 0.298 e. The number of nitrogens with one attached hydrogen (secondary N) is 1. The molecule has 0 saturated heterocycles. The molecule has 0 bridgehead atoms. The van der Waals surface area contributed by atoms with E-state index in [4.69, 9.17) is 4.98 Å². The van der Waals surface area contributed by atoms with Gasteiger partial charge in [-0.05, 0) is 32.6 Å². The van der Waals surface area contributed by atoms with Crippen LogP contribution in [0.25, 0.3) is 0 Å². The van der Waals surface area contributed by atoms with Crippen LogP contribution in [0.1, 0.15) is 48.3 Å². The van der Waals surface area contributed by atoms with Crippen molar-refractivity contribution in [2.75, 3.05) is 6.54 Å². The van der Waals surface area contributed by atoms with Crippen molar-refractivity contribution in [3.63, 3.8) is 0 Å². The van der Waals surface area contributed by atoms with E-state index in [1.165, 1.54) is 28.4 Å². The fourth-order valence-corrected chi connectivity index (χ4v) is 3.24. The SMILES string of the molecule is CC#CCNC1CCCc2nc(CC)sc21. The normalized spacial score (nSPS) is 18.8. The minimum atomic E-state index is 0.488. The standard InChI is InChI=1S/C13H18N2S/c1-3-5-9-14-10-7-6-8-11-13(10)16-12(4-2)15-11/h10,14H,4,6-9H2,1-2H3. The van der Waals surface area contributed by atoms with E-state index in [2.05, 4.69) is 24.1 Å². The third-order valence-electron chi connectivity index (χ3n) is 2.91. The number of hydrogen-bond donors (Lipinski definition) is 1. The van der Waals surface area contributed by atoms with Gasteiger partial charge in [-0.2, -0.15) is 0 Å². The molecule has 1 aromatic heterocycles. The van der Waals surface area contributed by atoms with Crippen LogP contribution in [-0.2, 0) is 12.8 Å². The van der Waals surface area contributed by atoms with Gasteiger partial charge in [-0.15, -0.1) is 17.3 Å². The Morgan fingerprint density at radius 2 is 2.44 bits per heavy atom. The highest BCUT2D eigenvalue weighted by Gasteiger charge is 2.23. The Morgan fingerprint density at radius 3 is 3.19 bits per heavy atom. The smallest absolute Gasteiger partial charge is 0.0928 e. The summed E-state index contributed by atoms with van der Waals surface area (Å²) in [6.07, 6.45) is 4.68. The molecule has 0 saturated carbocycles. The van der Waals surface area contributed by atoms with Gasteiger partial charge in [0, 0.05) is 10.9 Å². The Kier molecular flexibility index (Phi) is 3.98. The van der Waals surface area contributed by atoms with Crippen LogP contribution < -0.4 is 5.32 Å². The number of thiazole rings is 1. The first-order valence-corrected chi connectivity index (χ1v) is 6.78. The zero-order valence-corrected chi connectivity index (χ0v) is 10.8. The Bertz CT molecular complexity index is 411. The van der Waals surface area contributed by atoms with Gasteiger partial charge in [-0.25, -0.2) is 4.98 Å². The van der Waals surface area contributed by atoms with Gasteiger partial charge < -0.3 is 0 Å². The number of rotatable bonds is 3. The van der Waals surface area contributed by atoms with E-state index in [1.807, 2.05) is 18.3 Å². The Hall–Kier alpha value is -0.850. The lowest BCUT2D eigenvalue weighted by molar-refractivity contribution is 0.487. The molecule has 0 spiro atoms. The monoisotopic (exact) mass is 234 g/mol. The maximum absolute atomic E-state index is 4.69. The molecule has 1 aromatic rings.